The van der Waals surface area contributed by atoms with Crippen LogP contribution in [0.1, 0.15) is 11.3 Å². The summed E-state index contributed by atoms with van der Waals surface area (Å²) in [6.45, 7) is 0.364. The number of hydrogen-bond donors (Lipinski definition) is 1. The fourth-order valence-corrected chi connectivity index (χ4v) is 1.98. The third kappa shape index (κ3) is 2.36. The summed E-state index contributed by atoms with van der Waals surface area (Å²) in [6.07, 6.45) is 1.81. The minimum absolute atomic E-state index is 0.233. The van der Waals surface area contributed by atoms with Crippen LogP contribution in [0.25, 0.3) is 0 Å². The van der Waals surface area contributed by atoms with E-state index in [0.717, 1.165) is 0 Å². The van der Waals surface area contributed by atoms with Crippen LogP contribution < -0.4 is 10.5 Å². The molecule has 0 fully saturated rings. The first-order chi connectivity index (χ1) is 8.63. The second-order valence-electron chi connectivity index (χ2n) is 3.82. The standard InChI is InChI=1S/C13H13FN2OS/c1-17-11-6-2-4-9(12(11)14)8-16-7-3-5-10(16)13(15)18/h2-7H,8H2,1H3,(H2,15,18). The molecule has 1 aromatic carbocycles. The van der Waals surface area contributed by atoms with Gasteiger partial charge in [-0.1, -0.05) is 24.4 Å². The Balaban J connectivity index is 2.34. The van der Waals surface area contributed by atoms with Crippen LogP contribution in [0, 0.1) is 5.82 Å². The van der Waals surface area contributed by atoms with Crippen molar-refractivity contribution in [3.8, 4) is 5.75 Å². The number of hydrogen-bond acceptors (Lipinski definition) is 2. The Morgan fingerprint density at radius 1 is 1.39 bits per heavy atom. The van der Waals surface area contributed by atoms with Crippen LogP contribution >= 0.6 is 12.2 Å². The minimum atomic E-state index is -0.359. The molecule has 94 valence electrons. The van der Waals surface area contributed by atoms with Crippen molar-refractivity contribution in [2.45, 2.75) is 6.54 Å². The van der Waals surface area contributed by atoms with Crippen molar-refractivity contribution < 1.29 is 9.13 Å². The van der Waals surface area contributed by atoms with E-state index in [1.54, 1.807) is 28.8 Å². The second kappa shape index (κ2) is 5.18. The number of rotatable bonds is 4. The quantitative estimate of drug-likeness (QED) is 0.862. The summed E-state index contributed by atoms with van der Waals surface area (Å²) < 4.78 is 20.7. The number of aromatic nitrogens is 1. The zero-order valence-electron chi connectivity index (χ0n) is 9.89. The van der Waals surface area contributed by atoms with Crippen LogP contribution in [-0.4, -0.2) is 16.7 Å². The molecule has 0 spiro atoms. The third-order valence-electron chi connectivity index (χ3n) is 2.69. The zero-order chi connectivity index (χ0) is 13.1. The van der Waals surface area contributed by atoms with Gasteiger partial charge in [-0.3, -0.25) is 0 Å². The Labute approximate surface area is 110 Å². The highest BCUT2D eigenvalue weighted by atomic mass is 32.1. The van der Waals surface area contributed by atoms with Gasteiger partial charge in [0.15, 0.2) is 11.6 Å². The summed E-state index contributed by atoms with van der Waals surface area (Å²) in [5, 5.41) is 0. The van der Waals surface area contributed by atoms with Crippen LogP contribution in [-0.2, 0) is 6.54 Å². The molecule has 0 saturated heterocycles. The minimum Gasteiger partial charge on any atom is -0.494 e. The molecule has 5 heteroatoms. The first-order valence-corrected chi connectivity index (χ1v) is 5.80. The van der Waals surface area contributed by atoms with Gasteiger partial charge in [0.05, 0.1) is 19.3 Å². The molecule has 0 unspecified atom stereocenters. The Hall–Kier alpha value is -1.88. The lowest BCUT2D eigenvalue weighted by Gasteiger charge is -2.10. The molecule has 1 heterocycles. The molecule has 0 amide bonds. The van der Waals surface area contributed by atoms with Gasteiger partial charge in [-0.2, -0.15) is 0 Å². The molecular formula is C13H13FN2OS. The highest BCUT2D eigenvalue weighted by molar-refractivity contribution is 7.80. The smallest absolute Gasteiger partial charge is 0.170 e. The molecule has 0 saturated carbocycles. The van der Waals surface area contributed by atoms with E-state index in [4.69, 9.17) is 22.7 Å². The summed E-state index contributed by atoms with van der Waals surface area (Å²) in [7, 11) is 1.44. The molecular weight excluding hydrogens is 251 g/mol. The third-order valence-corrected chi connectivity index (χ3v) is 2.89. The highest BCUT2D eigenvalue weighted by Gasteiger charge is 2.10. The number of methoxy groups -OCH3 is 1. The van der Waals surface area contributed by atoms with Gasteiger partial charge in [0.1, 0.15) is 4.99 Å². The maximum Gasteiger partial charge on any atom is 0.170 e. The summed E-state index contributed by atoms with van der Waals surface area (Å²) in [5.74, 6) is -0.126. The van der Waals surface area contributed by atoms with E-state index >= 15 is 0 Å². The molecule has 2 rings (SSSR count). The van der Waals surface area contributed by atoms with Gasteiger partial charge < -0.3 is 15.0 Å². The molecule has 0 aliphatic heterocycles. The molecule has 2 N–H and O–H groups in total. The van der Waals surface area contributed by atoms with Crippen LogP contribution in [0.15, 0.2) is 36.5 Å². The largest absolute Gasteiger partial charge is 0.494 e. The fraction of sp³-hybridized carbons (Fsp3) is 0.154. The van der Waals surface area contributed by atoms with E-state index < -0.39 is 0 Å². The molecule has 0 radical (unpaired) electrons. The van der Waals surface area contributed by atoms with E-state index in [2.05, 4.69) is 0 Å². The summed E-state index contributed by atoms with van der Waals surface area (Å²) >= 11 is 4.94. The van der Waals surface area contributed by atoms with Crippen molar-refractivity contribution in [2.24, 2.45) is 5.73 Å². The molecule has 0 atom stereocenters. The van der Waals surface area contributed by atoms with Gasteiger partial charge in [0.25, 0.3) is 0 Å². The molecule has 1 aromatic heterocycles. The molecule has 2 aromatic rings. The molecule has 0 bridgehead atoms. The summed E-state index contributed by atoms with van der Waals surface area (Å²) in [6, 6.07) is 8.68. The number of ether oxygens (including phenoxy) is 1. The van der Waals surface area contributed by atoms with Crippen molar-refractivity contribution in [1.82, 2.24) is 4.57 Å². The van der Waals surface area contributed by atoms with Crippen molar-refractivity contribution in [1.29, 1.82) is 0 Å². The SMILES string of the molecule is COc1cccc(Cn2cccc2C(N)=S)c1F. The van der Waals surface area contributed by atoms with E-state index in [1.807, 2.05) is 12.3 Å². The van der Waals surface area contributed by atoms with Crippen molar-refractivity contribution >= 4 is 17.2 Å². The lowest BCUT2D eigenvalue weighted by molar-refractivity contribution is 0.383. The van der Waals surface area contributed by atoms with Gasteiger partial charge in [0.2, 0.25) is 0 Å². The normalized spacial score (nSPS) is 10.3. The zero-order valence-corrected chi connectivity index (χ0v) is 10.7. The Kier molecular flexibility index (Phi) is 3.62. The first-order valence-electron chi connectivity index (χ1n) is 5.40. The Morgan fingerprint density at radius 3 is 2.83 bits per heavy atom. The molecule has 3 nitrogen and oxygen atoms in total. The van der Waals surface area contributed by atoms with E-state index in [0.29, 0.717) is 22.8 Å². The van der Waals surface area contributed by atoms with Crippen molar-refractivity contribution in [3.05, 3.63) is 53.6 Å². The van der Waals surface area contributed by atoms with E-state index in [-0.39, 0.29) is 11.6 Å². The van der Waals surface area contributed by atoms with Crippen molar-refractivity contribution in [3.63, 3.8) is 0 Å². The summed E-state index contributed by atoms with van der Waals surface area (Å²) in [5.41, 5.74) is 6.84. The maximum atomic E-state index is 14.0. The van der Waals surface area contributed by atoms with E-state index in [1.165, 1.54) is 7.11 Å². The Bertz CT molecular complexity index is 580. The van der Waals surface area contributed by atoms with E-state index in [9.17, 15) is 4.39 Å². The fourth-order valence-electron chi connectivity index (χ4n) is 1.80. The predicted octanol–water partition coefficient (Wildman–Crippen LogP) is 2.32. The lowest BCUT2D eigenvalue weighted by atomic mass is 10.2. The molecule has 0 aliphatic carbocycles. The number of halogens is 1. The number of nitrogens with zero attached hydrogens (tertiary/aromatic N) is 1. The number of nitrogens with two attached hydrogens (primary N) is 1. The maximum absolute atomic E-state index is 14.0. The van der Waals surface area contributed by atoms with Gasteiger partial charge in [0, 0.05) is 11.8 Å². The number of benzene rings is 1. The Morgan fingerprint density at radius 2 is 2.17 bits per heavy atom. The summed E-state index contributed by atoms with van der Waals surface area (Å²) in [4.78, 5) is 0.295. The predicted molar refractivity (Wildman–Crippen MR) is 72.4 cm³/mol. The van der Waals surface area contributed by atoms with Gasteiger partial charge >= 0.3 is 0 Å². The van der Waals surface area contributed by atoms with Crippen LogP contribution in [0.5, 0.6) is 5.75 Å². The highest BCUT2D eigenvalue weighted by Crippen LogP contribution is 2.21. The average molecular weight is 264 g/mol. The van der Waals surface area contributed by atoms with Gasteiger partial charge in [-0.25, -0.2) is 4.39 Å². The molecule has 0 aliphatic rings. The van der Waals surface area contributed by atoms with Crippen molar-refractivity contribution in [2.75, 3.05) is 7.11 Å². The topological polar surface area (TPSA) is 40.2 Å². The first kappa shape index (κ1) is 12.6. The van der Waals surface area contributed by atoms with Gasteiger partial charge in [-0.15, -0.1) is 0 Å². The molecule has 18 heavy (non-hydrogen) atoms. The van der Waals surface area contributed by atoms with Crippen LogP contribution in [0.4, 0.5) is 4.39 Å². The lowest BCUT2D eigenvalue weighted by Crippen LogP contribution is -2.16. The number of thiocarbonyl (C=S) groups is 1. The monoisotopic (exact) mass is 264 g/mol. The van der Waals surface area contributed by atoms with Crippen LogP contribution in [0.2, 0.25) is 0 Å². The second-order valence-corrected chi connectivity index (χ2v) is 4.26. The van der Waals surface area contributed by atoms with Gasteiger partial charge in [-0.05, 0) is 18.2 Å². The van der Waals surface area contributed by atoms with Crippen LogP contribution in [0.3, 0.4) is 0 Å². The average Bonchev–Trinajstić information content (AvgIpc) is 2.80.